The molecule has 1 aromatic heterocycles. The van der Waals surface area contributed by atoms with Crippen molar-refractivity contribution in [1.29, 1.82) is 0 Å². The van der Waals surface area contributed by atoms with Crippen LogP contribution in [0.5, 0.6) is 0 Å². The molecule has 0 aliphatic heterocycles. The number of hydrogen-bond acceptors (Lipinski definition) is 5. The number of carboxylic acid groups (broad SMARTS) is 1. The van der Waals surface area contributed by atoms with Gasteiger partial charge in [0, 0.05) is 29.6 Å². The number of aliphatic carboxylic acids is 1. The molecule has 0 unspecified atom stereocenters. The van der Waals surface area contributed by atoms with Crippen LogP contribution in [0.2, 0.25) is 0 Å². The summed E-state index contributed by atoms with van der Waals surface area (Å²) in [5.41, 5.74) is 1.21. The van der Waals surface area contributed by atoms with Crippen LogP contribution in [0.25, 0.3) is 0 Å². The molecule has 144 valence electrons. The molecule has 1 fully saturated rings. The van der Waals surface area contributed by atoms with Crippen molar-refractivity contribution < 1.29 is 14.7 Å². The molecule has 0 bridgehead atoms. The Morgan fingerprint density at radius 2 is 2.04 bits per heavy atom. The van der Waals surface area contributed by atoms with Crippen molar-refractivity contribution in [1.82, 2.24) is 15.2 Å². The number of thiazole rings is 1. The minimum absolute atomic E-state index is 0.0450. The molecule has 2 amide bonds. The van der Waals surface area contributed by atoms with Gasteiger partial charge < -0.3 is 10.4 Å². The Kier molecular flexibility index (Phi) is 6.41. The van der Waals surface area contributed by atoms with Crippen LogP contribution >= 0.6 is 11.3 Å². The number of aromatic nitrogens is 1. The van der Waals surface area contributed by atoms with Crippen LogP contribution in [-0.2, 0) is 11.2 Å². The molecule has 3 rings (SSSR count). The Labute approximate surface area is 162 Å². The van der Waals surface area contributed by atoms with Gasteiger partial charge in [-0.25, -0.2) is 9.78 Å². The van der Waals surface area contributed by atoms with Gasteiger partial charge in [0.1, 0.15) is 0 Å². The normalized spacial score (nSPS) is 18.7. The maximum absolute atomic E-state index is 12.1. The second-order valence-corrected chi connectivity index (χ2v) is 7.79. The number of anilines is 1. The number of benzene rings is 1. The minimum atomic E-state index is -0.818. The fraction of sp³-hybridized carbons (Fsp3) is 0.421. The summed E-state index contributed by atoms with van der Waals surface area (Å²) >= 11 is 1.47. The quantitative estimate of drug-likeness (QED) is 0.646. The van der Waals surface area contributed by atoms with Gasteiger partial charge >= 0.3 is 12.0 Å². The fourth-order valence-electron chi connectivity index (χ4n) is 3.24. The van der Waals surface area contributed by atoms with Crippen LogP contribution in [0.3, 0.4) is 0 Å². The van der Waals surface area contributed by atoms with Crippen LogP contribution in [-0.4, -0.2) is 52.2 Å². The zero-order chi connectivity index (χ0) is 19.2. The van der Waals surface area contributed by atoms with Gasteiger partial charge in [-0.05, 0) is 24.9 Å². The van der Waals surface area contributed by atoms with Gasteiger partial charge in [-0.3, -0.25) is 15.0 Å². The number of urea groups is 1. The van der Waals surface area contributed by atoms with Crippen molar-refractivity contribution in [2.24, 2.45) is 0 Å². The number of carbonyl (C=O) groups excluding carboxylic acids is 1. The lowest BCUT2D eigenvalue weighted by Gasteiger charge is -2.42. The van der Waals surface area contributed by atoms with E-state index >= 15 is 0 Å². The number of nitrogens with one attached hydrogen (secondary N) is 2. The topological polar surface area (TPSA) is 94.6 Å². The first-order chi connectivity index (χ1) is 13.0. The molecule has 7 nitrogen and oxygen atoms in total. The summed E-state index contributed by atoms with van der Waals surface area (Å²) in [7, 11) is 0. The number of hydrogen-bond donors (Lipinski definition) is 3. The molecule has 0 atom stereocenters. The molecule has 27 heavy (non-hydrogen) atoms. The number of likely N-dealkylation sites (N-methyl/N-ethyl adjacent to an activating group) is 1. The third-order valence-corrected chi connectivity index (χ3v) is 5.62. The van der Waals surface area contributed by atoms with Crippen LogP contribution < -0.4 is 10.6 Å². The third kappa shape index (κ3) is 5.51. The van der Waals surface area contributed by atoms with Gasteiger partial charge in [-0.2, -0.15) is 0 Å². The molecule has 8 heteroatoms. The number of nitrogens with zero attached hydrogens (tertiary/aromatic N) is 2. The van der Waals surface area contributed by atoms with E-state index in [9.17, 15) is 9.59 Å². The first-order valence-corrected chi connectivity index (χ1v) is 9.87. The summed E-state index contributed by atoms with van der Waals surface area (Å²) in [6, 6.07) is 10.2. The summed E-state index contributed by atoms with van der Waals surface area (Å²) in [6.07, 6.45) is 4.12. The molecular formula is C19H24N4O3S. The maximum Gasteiger partial charge on any atom is 0.321 e. The van der Waals surface area contributed by atoms with Crippen molar-refractivity contribution in [3.63, 3.8) is 0 Å². The van der Waals surface area contributed by atoms with Crippen LogP contribution in [0, 0.1) is 0 Å². The summed E-state index contributed by atoms with van der Waals surface area (Å²) in [5, 5.41) is 15.2. The van der Waals surface area contributed by atoms with Gasteiger partial charge in [0.2, 0.25) is 0 Å². The molecule has 0 saturated heterocycles. The summed E-state index contributed by atoms with van der Waals surface area (Å²) in [4.78, 5) is 30.3. The highest BCUT2D eigenvalue weighted by Crippen LogP contribution is 2.26. The van der Waals surface area contributed by atoms with E-state index < -0.39 is 5.97 Å². The van der Waals surface area contributed by atoms with E-state index in [0.717, 1.165) is 24.1 Å². The van der Waals surface area contributed by atoms with Gasteiger partial charge in [0.25, 0.3) is 0 Å². The lowest BCUT2D eigenvalue weighted by molar-refractivity contribution is -0.139. The molecular weight excluding hydrogens is 364 g/mol. The van der Waals surface area contributed by atoms with E-state index in [4.69, 9.17) is 5.11 Å². The van der Waals surface area contributed by atoms with Crippen LogP contribution in [0.4, 0.5) is 9.93 Å². The first kappa shape index (κ1) is 19.3. The Balaban J connectivity index is 1.42. The molecule has 3 N–H and O–H groups in total. The van der Waals surface area contributed by atoms with E-state index in [1.54, 1.807) is 6.20 Å². The number of amides is 2. The van der Waals surface area contributed by atoms with E-state index in [1.807, 2.05) is 30.0 Å². The predicted molar refractivity (Wildman–Crippen MR) is 105 cm³/mol. The highest BCUT2D eigenvalue weighted by Gasteiger charge is 2.34. The predicted octanol–water partition coefficient (Wildman–Crippen LogP) is 2.79. The summed E-state index contributed by atoms with van der Waals surface area (Å²) in [6.45, 7) is 2.69. The Hall–Kier alpha value is -2.45. The number of rotatable bonds is 8. The molecule has 1 aliphatic rings. The summed E-state index contributed by atoms with van der Waals surface area (Å²) < 4.78 is 0. The minimum Gasteiger partial charge on any atom is -0.480 e. The van der Waals surface area contributed by atoms with Gasteiger partial charge in [-0.15, -0.1) is 11.3 Å². The monoisotopic (exact) mass is 388 g/mol. The van der Waals surface area contributed by atoms with Gasteiger partial charge in [0.05, 0.1) is 6.54 Å². The lowest BCUT2D eigenvalue weighted by atomic mass is 9.85. The molecule has 1 aliphatic carbocycles. The van der Waals surface area contributed by atoms with E-state index in [0.29, 0.717) is 11.7 Å². The largest absolute Gasteiger partial charge is 0.480 e. The molecule has 0 radical (unpaired) electrons. The van der Waals surface area contributed by atoms with E-state index in [2.05, 4.69) is 27.8 Å². The second kappa shape index (κ2) is 8.96. The SMILES string of the molecule is CCN(CC(=O)O)C1CC(NC(=O)Nc2ncc(Cc3ccccc3)s2)C1. The second-order valence-electron chi connectivity index (χ2n) is 6.67. The zero-order valence-electron chi connectivity index (χ0n) is 15.2. The maximum atomic E-state index is 12.1. The average Bonchev–Trinajstić information content (AvgIpc) is 3.03. The number of carboxylic acids is 1. The molecule has 1 aromatic carbocycles. The Morgan fingerprint density at radius 3 is 2.70 bits per heavy atom. The van der Waals surface area contributed by atoms with E-state index in [-0.39, 0.29) is 24.7 Å². The lowest BCUT2D eigenvalue weighted by Crippen LogP contribution is -2.55. The van der Waals surface area contributed by atoms with Crippen molar-refractivity contribution in [2.45, 2.75) is 38.3 Å². The molecule has 2 aromatic rings. The summed E-state index contributed by atoms with van der Waals surface area (Å²) in [5.74, 6) is -0.818. The van der Waals surface area contributed by atoms with Gasteiger partial charge in [-0.1, -0.05) is 37.3 Å². The molecule has 1 heterocycles. The fourth-order valence-corrected chi connectivity index (χ4v) is 4.08. The highest BCUT2D eigenvalue weighted by atomic mass is 32.1. The van der Waals surface area contributed by atoms with Gasteiger partial charge in [0.15, 0.2) is 5.13 Å². The molecule has 0 spiro atoms. The van der Waals surface area contributed by atoms with Crippen molar-refractivity contribution >= 4 is 28.5 Å². The van der Waals surface area contributed by atoms with Crippen molar-refractivity contribution in [3.05, 3.63) is 47.0 Å². The highest BCUT2D eigenvalue weighted by molar-refractivity contribution is 7.15. The smallest absolute Gasteiger partial charge is 0.321 e. The van der Waals surface area contributed by atoms with Crippen molar-refractivity contribution in [3.8, 4) is 0 Å². The Bertz CT molecular complexity index is 774. The standard InChI is InChI=1S/C19H24N4O3S/c1-2-23(12-17(24)25)15-9-14(10-15)21-18(26)22-19-20-11-16(27-19)8-13-6-4-3-5-7-13/h3-7,11,14-15H,2,8-10,12H2,1H3,(H,24,25)(H2,20,21,22,26). The molecule has 1 saturated carbocycles. The van der Waals surface area contributed by atoms with Crippen molar-refractivity contribution in [2.75, 3.05) is 18.4 Å². The van der Waals surface area contributed by atoms with E-state index in [1.165, 1.54) is 16.9 Å². The first-order valence-electron chi connectivity index (χ1n) is 9.05. The van der Waals surface area contributed by atoms with Crippen LogP contribution in [0.15, 0.2) is 36.5 Å². The number of carbonyl (C=O) groups is 2. The van der Waals surface area contributed by atoms with Crippen LogP contribution in [0.1, 0.15) is 30.2 Å². The average molecular weight is 388 g/mol. The zero-order valence-corrected chi connectivity index (χ0v) is 16.0. The third-order valence-electron chi connectivity index (χ3n) is 4.70. The Morgan fingerprint density at radius 1 is 1.30 bits per heavy atom.